The summed E-state index contributed by atoms with van der Waals surface area (Å²) in [4.78, 5) is 24.9. The highest BCUT2D eigenvalue weighted by atomic mass is 16.5. The van der Waals surface area contributed by atoms with Gasteiger partial charge in [0.15, 0.2) is 0 Å². The van der Waals surface area contributed by atoms with Crippen LogP contribution >= 0.6 is 0 Å². The van der Waals surface area contributed by atoms with Crippen molar-refractivity contribution in [1.29, 1.82) is 0 Å². The summed E-state index contributed by atoms with van der Waals surface area (Å²) in [6.45, 7) is 0. The molecule has 1 amide bonds. The molecule has 0 saturated heterocycles. The van der Waals surface area contributed by atoms with E-state index in [1.165, 1.54) is 0 Å². The van der Waals surface area contributed by atoms with Gasteiger partial charge >= 0.3 is 5.97 Å². The van der Waals surface area contributed by atoms with Crippen molar-refractivity contribution in [3.8, 4) is 17.2 Å². The van der Waals surface area contributed by atoms with Crippen molar-refractivity contribution in [2.24, 2.45) is 35.5 Å². The summed E-state index contributed by atoms with van der Waals surface area (Å²) < 4.78 is 10.9. The van der Waals surface area contributed by atoms with Crippen LogP contribution in [0.5, 0.6) is 17.2 Å². The fraction of sp³-hybridized carbons (Fsp3) is 0.333. The smallest absolute Gasteiger partial charge is 0.307 e. The quantitative estimate of drug-likeness (QED) is 0.704. The molecule has 154 valence electrons. The lowest BCUT2D eigenvalue weighted by atomic mass is 9.62. The number of carbonyl (C=O) groups is 2. The van der Waals surface area contributed by atoms with E-state index in [2.05, 4.69) is 11.4 Å². The number of rotatable bonds is 6. The zero-order chi connectivity index (χ0) is 20.8. The zero-order valence-electron chi connectivity index (χ0n) is 16.5. The molecule has 0 spiro atoms. The summed E-state index contributed by atoms with van der Waals surface area (Å²) in [5.74, 6) is 0.752. The van der Waals surface area contributed by atoms with Gasteiger partial charge in [0.1, 0.15) is 17.2 Å². The first-order valence-electron chi connectivity index (χ1n) is 10.2. The number of ether oxygens (including phenoxy) is 2. The Balaban J connectivity index is 1.27. The maximum absolute atomic E-state index is 13.0. The number of amides is 1. The Hall–Kier alpha value is -3.28. The van der Waals surface area contributed by atoms with Gasteiger partial charge in [-0.25, -0.2) is 0 Å². The molecule has 2 aromatic carbocycles. The molecule has 30 heavy (non-hydrogen) atoms. The third kappa shape index (κ3) is 3.22. The number of carbonyl (C=O) groups excluding carboxylic acids is 1. The van der Waals surface area contributed by atoms with Crippen molar-refractivity contribution in [2.45, 2.75) is 6.42 Å². The second kappa shape index (κ2) is 7.20. The van der Waals surface area contributed by atoms with E-state index in [4.69, 9.17) is 9.47 Å². The lowest BCUT2D eigenvalue weighted by molar-refractivity contribution is -0.152. The van der Waals surface area contributed by atoms with E-state index < -0.39 is 17.8 Å². The molecule has 0 aromatic heterocycles. The van der Waals surface area contributed by atoms with E-state index in [1.807, 2.05) is 30.3 Å². The number of carboxylic acid groups (broad SMARTS) is 1. The van der Waals surface area contributed by atoms with Crippen LogP contribution in [0.15, 0.2) is 60.7 Å². The molecule has 2 saturated carbocycles. The number of aliphatic carboxylic acids is 1. The summed E-state index contributed by atoms with van der Waals surface area (Å²) >= 11 is 0. The van der Waals surface area contributed by atoms with Gasteiger partial charge < -0.3 is 19.9 Å². The van der Waals surface area contributed by atoms with Gasteiger partial charge in [-0.2, -0.15) is 0 Å². The molecule has 4 aliphatic rings. The first kappa shape index (κ1) is 18.7. The van der Waals surface area contributed by atoms with Crippen LogP contribution in [0.1, 0.15) is 6.42 Å². The molecular formula is C24H23NO5. The van der Waals surface area contributed by atoms with Crippen molar-refractivity contribution in [1.82, 2.24) is 0 Å². The van der Waals surface area contributed by atoms with E-state index in [1.54, 1.807) is 31.4 Å². The minimum absolute atomic E-state index is 0.0199. The number of allylic oxidation sites excluding steroid dienone is 2. The Kier molecular flexibility index (Phi) is 4.50. The number of carboxylic acids is 1. The van der Waals surface area contributed by atoms with Gasteiger partial charge in [0.05, 0.1) is 18.9 Å². The van der Waals surface area contributed by atoms with Gasteiger partial charge in [-0.3, -0.25) is 9.59 Å². The van der Waals surface area contributed by atoms with Crippen LogP contribution in [-0.4, -0.2) is 24.1 Å². The average molecular weight is 405 g/mol. The molecule has 0 heterocycles. The van der Waals surface area contributed by atoms with Crippen molar-refractivity contribution in [3.05, 3.63) is 60.7 Å². The second-order valence-corrected chi connectivity index (χ2v) is 8.28. The molecule has 6 atom stereocenters. The van der Waals surface area contributed by atoms with E-state index in [9.17, 15) is 14.7 Å². The molecular weight excluding hydrogens is 382 g/mol. The first-order valence-corrected chi connectivity index (χ1v) is 10.2. The fourth-order valence-corrected chi connectivity index (χ4v) is 5.18. The van der Waals surface area contributed by atoms with Crippen molar-refractivity contribution < 1.29 is 24.2 Å². The Morgan fingerprint density at radius 2 is 1.40 bits per heavy atom. The van der Waals surface area contributed by atoms with Crippen LogP contribution in [0.4, 0.5) is 5.69 Å². The Bertz CT molecular complexity index is 997. The van der Waals surface area contributed by atoms with Crippen LogP contribution in [0, 0.1) is 35.5 Å². The molecule has 6 heteroatoms. The molecule has 0 unspecified atom stereocenters. The molecule has 2 aromatic rings. The Labute approximate surface area is 174 Å². The van der Waals surface area contributed by atoms with Crippen molar-refractivity contribution in [3.63, 3.8) is 0 Å². The largest absolute Gasteiger partial charge is 0.497 e. The number of anilines is 1. The van der Waals surface area contributed by atoms with Gasteiger partial charge in [0, 0.05) is 5.69 Å². The minimum Gasteiger partial charge on any atom is -0.497 e. The number of benzene rings is 2. The average Bonchev–Trinajstić information content (AvgIpc) is 3.58. The van der Waals surface area contributed by atoms with E-state index in [0.717, 1.165) is 12.2 Å². The van der Waals surface area contributed by atoms with Gasteiger partial charge in [0.25, 0.3) is 0 Å². The van der Waals surface area contributed by atoms with Crippen molar-refractivity contribution in [2.75, 3.05) is 12.4 Å². The third-order valence-electron chi connectivity index (χ3n) is 6.66. The topological polar surface area (TPSA) is 84.9 Å². The Morgan fingerprint density at radius 1 is 0.867 bits per heavy atom. The molecule has 4 aliphatic carbocycles. The standard InChI is InChI=1S/C24H23NO5/c1-29-14-6-8-16(9-7-14)30-15-4-2-13(3-5-15)25-23(26)21-17-10-11-18(20-12-19(17)20)22(21)24(27)28/h2-11,17-22H,12H2,1H3,(H,25,26)(H,27,28)/t17-,18-,19-,20-,21+,22+/m0/s1. The second-order valence-electron chi connectivity index (χ2n) is 8.28. The number of methoxy groups -OCH3 is 1. The summed E-state index contributed by atoms with van der Waals surface area (Å²) in [5, 5.41) is 12.7. The van der Waals surface area contributed by atoms with Crippen molar-refractivity contribution >= 4 is 17.6 Å². The number of hydrogen-bond acceptors (Lipinski definition) is 4. The molecule has 6 nitrogen and oxygen atoms in total. The monoisotopic (exact) mass is 405 g/mol. The fourth-order valence-electron chi connectivity index (χ4n) is 5.18. The minimum atomic E-state index is -0.872. The van der Waals surface area contributed by atoms with Gasteiger partial charge in [-0.05, 0) is 78.6 Å². The molecule has 2 bridgehead atoms. The predicted molar refractivity (Wildman–Crippen MR) is 110 cm³/mol. The molecule has 0 radical (unpaired) electrons. The van der Waals surface area contributed by atoms with Crippen LogP contribution in [0.2, 0.25) is 0 Å². The predicted octanol–water partition coefficient (Wildman–Crippen LogP) is 4.19. The van der Waals surface area contributed by atoms with Crippen LogP contribution in [-0.2, 0) is 9.59 Å². The maximum Gasteiger partial charge on any atom is 0.307 e. The van der Waals surface area contributed by atoms with E-state index in [0.29, 0.717) is 29.0 Å². The maximum atomic E-state index is 13.0. The summed E-state index contributed by atoms with van der Waals surface area (Å²) in [5.41, 5.74) is 0.629. The number of fused-ring (bicyclic) bond motifs is 1. The van der Waals surface area contributed by atoms with Crippen LogP contribution < -0.4 is 14.8 Å². The lowest BCUT2D eigenvalue weighted by Crippen LogP contribution is -2.48. The third-order valence-corrected chi connectivity index (χ3v) is 6.66. The first-order chi connectivity index (χ1) is 14.5. The SMILES string of the molecule is COc1ccc(Oc2ccc(NC(=O)[C@@H]3[C@H]4C=C[C@@H]([C@@H]5C[C@@H]45)[C@H]3C(=O)O)cc2)cc1. The van der Waals surface area contributed by atoms with Gasteiger partial charge in [0.2, 0.25) is 5.91 Å². The summed E-state index contributed by atoms with van der Waals surface area (Å²) in [6.07, 6.45) is 5.12. The number of nitrogens with one attached hydrogen (secondary N) is 1. The summed E-state index contributed by atoms with van der Waals surface area (Å²) in [7, 11) is 1.61. The van der Waals surface area contributed by atoms with Gasteiger partial charge in [-0.1, -0.05) is 12.2 Å². The molecule has 6 rings (SSSR count). The number of hydrogen-bond donors (Lipinski definition) is 2. The normalized spacial score (nSPS) is 30.3. The van der Waals surface area contributed by atoms with E-state index >= 15 is 0 Å². The lowest BCUT2D eigenvalue weighted by Gasteiger charge is -2.41. The van der Waals surface area contributed by atoms with E-state index in [-0.39, 0.29) is 17.7 Å². The molecule has 2 fully saturated rings. The zero-order valence-corrected chi connectivity index (χ0v) is 16.5. The summed E-state index contributed by atoms with van der Waals surface area (Å²) in [6, 6.07) is 14.4. The van der Waals surface area contributed by atoms with Gasteiger partial charge in [-0.15, -0.1) is 0 Å². The Morgan fingerprint density at radius 3 is 1.97 bits per heavy atom. The van der Waals surface area contributed by atoms with Crippen LogP contribution in [0.3, 0.4) is 0 Å². The highest BCUT2D eigenvalue weighted by Gasteiger charge is 2.62. The molecule has 0 aliphatic heterocycles. The highest BCUT2D eigenvalue weighted by Crippen LogP contribution is 2.63. The molecule has 2 N–H and O–H groups in total. The van der Waals surface area contributed by atoms with Crippen LogP contribution in [0.25, 0.3) is 0 Å². The highest BCUT2D eigenvalue weighted by molar-refractivity contribution is 5.96.